The second kappa shape index (κ2) is 7.06. The lowest BCUT2D eigenvalue weighted by Gasteiger charge is -2.33. The maximum Gasteiger partial charge on any atom is 0.0616 e. The van der Waals surface area contributed by atoms with Crippen molar-refractivity contribution in [1.82, 2.24) is 5.32 Å². The smallest absolute Gasteiger partial charge is 0.0616 e. The lowest BCUT2D eigenvalue weighted by Crippen LogP contribution is -2.37. The van der Waals surface area contributed by atoms with Crippen molar-refractivity contribution in [3.05, 3.63) is 35.4 Å². The molecule has 0 aromatic heterocycles. The van der Waals surface area contributed by atoms with E-state index in [1.165, 1.54) is 36.8 Å². The number of hydrogen-bond donors (Lipinski definition) is 1. The molecular formula is C17H27NO. The average Bonchev–Trinajstić information content (AvgIpc) is 2.43. The third-order valence-corrected chi connectivity index (χ3v) is 4.23. The number of rotatable bonds is 6. The zero-order valence-electron chi connectivity index (χ0n) is 12.5. The van der Waals surface area contributed by atoms with E-state index in [2.05, 4.69) is 43.4 Å². The Balaban J connectivity index is 2.10. The molecule has 0 radical (unpaired) electrons. The van der Waals surface area contributed by atoms with E-state index in [0.29, 0.717) is 18.0 Å². The van der Waals surface area contributed by atoms with Gasteiger partial charge >= 0.3 is 0 Å². The third-order valence-electron chi connectivity index (χ3n) is 4.23. The predicted octanol–water partition coefficient (Wildman–Crippen LogP) is 4.03. The van der Waals surface area contributed by atoms with Crippen LogP contribution in [-0.2, 0) is 4.74 Å². The van der Waals surface area contributed by atoms with Crippen LogP contribution in [0.2, 0.25) is 0 Å². The Hall–Kier alpha value is -0.860. The molecule has 1 aliphatic rings. The van der Waals surface area contributed by atoms with Crippen molar-refractivity contribution in [3.63, 3.8) is 0 Å². The van der Waals surface area contributed by atoms with E-state index in [-0.39, 0.29) is 0 Å². The summed E-state index contributed by atoms with van der Waals surface area (Å²) >= 11 is 0. The molecule has 19 heavy (non-hydrogen) atoms. The normalized spacial score (nSPS) is 23.9. The van der Waals surface area contributed by atoms with E-state index in [1.54, 1.807) is 7.11 Å². The van der Waals surface area contributed by atoms with E-state index in [9.17, 15) is 0 Å². The first-order chi connectivity index (χ1) is 9.26. The fourth-order valence-electron chi connectivity index (χ4n) is 3.23. The van der Waals surface area contributed by atoms with Crippen molar-refractivity contribution in [2.24, 2.45) is 0 Å². The summed E-state index contributed by atoms with van der Waals surface area (Å²) in [6, 6.07) is 9.88. The van der Waals surface area contributed by atoms with Crippen LogP contribution >= 0.6 is 0 Å². The molecule has 0 bridgehead atoms. The van der Waals surface area contributed by atoms with Gasteiger partial charge in [0.25, 0.3) is 0 Å². The lowest BCUT2D eigenvalue weighted by molar-refractivity contribution is 0.153. The molecule has 0 spiro atoms. The molecular weight excluding hydrogens is 234 g/mol. The summed E-state index contributed by atoms with van der Waals surface area (Å²) in [5.41, 5.74) is 3.03. The van der Waals surface area contributed by atoms with Gasteiger partial charge in [-0.1, -0.05) is 44.5 Å². The monoisotopic (exact) mass is 261 g/mol. The molecule has 0 amide bonds. The van der Waals surface area contributed by atoms with Crippen molar-refractivity contribution in [2.75, 3.05) is 13.7 Å². The summed E-state index contributed by atoms with van der Waals surface area (Å²) in [5.74, 6) is 0.696. The van der Waals surface area contributed by atoms with E-state index < -0.39 is 0 Å². The van der Waals surface area contributed by atoms with Crippen molar-refractivity contribution < 1.29 is 4.74 Å². The Labute approximate surface area is 117 Å². The summed E-state index contributed by atoms with van der Waals surface area (Å²) in [4.78, 5) is 0. The molecule has 0 saturated carbocycles. The number of benzene rings is 1. The van der Waals surface area contributed by atoms with Crippen LogP contribution in [0, 0.1) is 0 Å². The van der Waals surface area contributed by atoms with Crippen LogP contribution in [0.1, 0.15) is 62.6 Å². The van der Waals surface area contributed by atoms with Gasteiger partial charge < -0.3 is 10.1 Å². The van der Waals surface area contributed by atoms with Crippen LogP contribution in [0.25, 0.3) is 0 Å². The molecule has 2 heteroatoms. The molecule has 1 N–H and O–H groups in total. The van der Waals surface area contributed by atoms with Crippen LogP contribution in [0.5, 0.6) is 0 Å². The second-order valence-corrected chi connectivity index (χ2v) is 5.77. The highest BCUT2D eigenvalue weighted by Gasteiger charge is 2.25. The highest BCUT2D eigenvalue weighted by Crippen LogP contribution is 2.37. The third kappa shape index (κ3) is 3.58. The van der Waals surface area contributed by atoms with Crippen molar-refractivity contribution in [3.8, 4) is 0 Å². The molecule has 0 aliphatic heterocycles. The predicted molar refractivity (Wildman–Crippen MR) is 80.5 cm³/mol. The van der Waals surface area contributed by atoms with Gasteiger partial charge in [0.05, 0.1) is 6.61 Å². The van der Waals surface area contributed by atoms with Gasteiger partial charge in [0.15, 0.2) is 0 Å². The molecule has 1 aromatic rings. The van der Waals surface area contributed by atoms with Gasteiger partial charge in [0, 0.05) is 19.2 Å². The second-order valence-electron chi connectivity index (χ2n) is 5.77. The number of methoxy groups -OCH3 is 1. The number of hydrogen-bond acceptors (Lipinski definition) is 2. The standard InChI is InChI=1S/C17H27NO/c1-4-7-14(12-19-3)18-17-11-10-13(2)15-8-5-6-9-16(15)17/h5-6,8-9,13-14,17-18H,4,7,10-12H2,1-3H3. The van der Waals surface area contributed by atoms with Crippen LogP contribution in [0.15, 0.2) is 24.3 Å². The van der Waals surface area contributed by atoms with Crippen molar-refractivity contribution in [1.29, 1.82) is 0 Å². The zero-order valence-corrected chi connectivity index (χ0v) is 12.5. The Kier molecular flexibility index (Phi) is 5.41. The summed E-state index contributed by atoms with van der Waals surface area (Å²) in [6.07, 6.45) is 4.90. The minimum atomic E-state index is 0.474. The van der Waals surface area contributed by atoms with Gasteiger partial charge in [0.1, 0.15) is 0 Å². The molecule has 3 atom stereocenters. The van der Waals surface area contributed by atoms with E-state index in [0.717, 1.165) is 6.61 Å². The molecule has 3 unspecified atom stereocenters. The fourth-order valence-corrected chi connectivity index (χ4v) is 3.23. The number of ether oxygens (including phenoxy) is 1. The first kappa shape index (κ1) is 14.5. The Morgan fingerprint density at radius 1 is 1.26 bits per heavy atom. The molecule has 2 nitrogen and oxygen atoms in total. The van der Waals surface area contributed by atoms with Gasteiger partial charge in [-0.3, -0.25) is 0 Å². The molecule has 0 saturated heterocycles. The van der Waals surface area contributed by atoms with Crippen LogP contribution < -0.4 is 5.32 Å². The van der Waals surface area contributed by atoms with Crippen LogP contribution in [0.3, 0.4) is 0 Å². The van der Waals surface area contributed by atoms with Crippen LogP contribution in [-0.4, -0.2) is 19.8 Å². The summed E-state index contributed by atoms with van der Waals surface area (Å²) < 4.78 is 5.34. The Bertz CT molecular complexity index is 385. The van der Waals surface area contributed by atoms with Gasteiger partial charge in [-0.05, 0) is 36.3 Å². The van der Waals surface area contributed by atoms with Crippen molar-refractivity contribution in [2.45, 2.75) is 57.5 Å². The summed E-state index contributed by atoms with van der Waals surface area (Å²) in [7, 11) is 1.79. The Morgan fingerprint density at radius 2 is 2.00 bits per heavy atom. The maximum absolute atomic E-state index is 5.34. The highest BCUT2D eigenvalue weighted by atomic mass is 16.5. The minimum Gasteiger partial charge on any atom is -0.383 e. The van der Waals surface area contributed by atoms with Gasteiger partial charge in [-0.25, -0.2) is 0 Å². The average molecular weight is 261 g/mol. The van der Waals surface area contributed by atoms with Gasteiger partial charge in [-0.15, -0.1) is 0 Å². The molecule has 0 fully saturated rings. The van der Waals surface area contributed by atoms with E-state index >= 15 is 0 Å². The Morgan fingerprint density at radius 3 is 2.68 bits per heavy atom. The first-order valence-corrected chi connectivity index (χ1v) is 7.60. The number of fused-ring (bicyclic) bond motifs is 1. The van der Waals surface area contributed by atoms with Crippen molar-refractivity contribution >= 4 is 0 Å². The largest absolute Gasteiger partial charge is 0.383 e. The van der Waals surface area contributed by atoms with Crippen LogP contribution in [0.4, 0.5) is 0 Å². The molecule has 0 heterocycles. The van der Waals surface area contributed by atoms with E-state index in [1.807, 2.05) is 0 Å². The lowest BCUT2D eigenvalue weighted by atomic mass is 9.81. The fraction of sp³-hybridized carbons (Fsp3) is 0.647. The van der Waals surface area contributed by atoms with Gasteiger partial charge in [-0.2, -0.15) is 0 Å². The maximum atomic E-state index is 5.34. The summed E-state index contributed by atoms with van der Waals surface area (Å²) in [5, 5.41) is 3.81. The SMILES string of the molecule is CCCC(COC)NC1CCC(C)c2ccccc21. The first-order valence-electron chi connectivity index (χ1n) is 7.60. The van der Waals surface area contributed by atoms with E-state index in [4.69, 9.17) is 4.74 Å². The topological polar surface area (TPSA) is 21.3 Å². The summed E-state index contributed by atoms with van der Waals surface area (Å²) in [6.45, 7) is 5.39. The molecule has 1 aliphatic carbocycles. The minimum absolute atomic E-state index is 0.474. The van der Waals surface area contributed by atoms with Gasteiger partial charge in [0.2, 0.25) is 0 Å². The molecule has 106 valence electrons. The zero-order chi connectivity index (χ0) is 13.7. The molecule has 2 rings (SSSR count). The highest BCUT2D eigenvalue weighted by molar-refractivity contribution is 5.35. The molecule has 1 aromatic carbocycles. The quantitative estimate of drug-likeness (QED) is 0.834. The number of nitrogens with one attached hydrogen (secondary N) is 1.